The molecule has 0 saturated heterocycles. The Morgan fingerprint density at radius 3 is 2.56 bits per heavy atom. The van der Waals surface area contributed by atoms with Gasteiger partial charge in [-0.25, -0.2) is 0 Å². The molecule has 0 aliphatic carbocycles. The zero-order chi connectivity index (χ0) is 11.7. The minimum atomic E-state index is 0.828. The van der Waals surface area contributed by atoms with Gasteiger partial charge in [-0.05, 0) is 37.5 Å². The monoisotopic (exact) mass is 233 g/mol. The molecular weight excluding hydrogens is 218 g/mol. The molecule has 1 nitrogen and oxygen atoms in total. The summed E-state index contributed by atoms with van der Waals surface area (Å²) in [5.74, 6) is 0. The van der Waals surface area contributed by atoms with Gasteiger partial charge in [0.1, 0.15) is 0 Å². The van der Waals surface area contributed by atoms with Crippen LogP contribution in [-0.2, 0) is 6.42 Å². The lowest BCUT2D eigenvalue weighted by molar-refractivity contribution is 0.889. The van der Waals surface area contributed by atoms with Gasteiger partial charge in [-0.2, -0.15) is 0 Å². The topological polar surface area (TPSA) is 12.9 Å². The zero-order valence-corrected chi connectivity index (χ0v) is 10.7. The summed E-state index contributed by atoms with van der Waals surface area (Å²) in [4.78, 5) is 4.70. The summed E-state index contributed by atoms with van der Waals surface area (Å²) >= 11 is 6.34. The molecule has 2 aromatic rings. The van der Waals surface area contributed by atoms with Crippen molar-refractivity contribution in [1.82, 2.24) is 4.98 Å². The Morgan fingerprint density at radius 2 is 1.88 bits per heavy atom. The molecule has 0 bridgehead atoms. The lowest BCUT2D eigenvalue weighted by Crippen LogP contribution is -1.94. The summed E-state index contributed by atoms with van der Waals surface area (Å²) in [7, 11) is 0. The number of hydrogen-bond donors (Lipinski definition) is 0. The first-order valence-corrected chi connectivity index (χ1v) is 6.06. The van der Waals surface area contributed by atoms with Crippen LogP contribution in [0.2, 0.25) is 5.02 Å². The molecule has 2 heteroatoms. The van der Waals surface area contributed by atoms with Crippen molar-refractivity contribution in [1.29, 1.82) is 0 Å². The maximum absolute atomic E-state index is 6.34. The van der Waals surface area contributed by atoms with E-state index >= 15 is 0 Å². The van der Waals surface area contributed by atoms with Gasteiger partial charge in [0.15, 0.2) is 0 Å². The van der Waals surface area contributed by atoms with E-state index in [9.17, 15) is 0 Å². The Balaban J connectivity index is 2.76. The van der Waals surface area contributed by atoms with Crippen LogP contribution >= 0.6 is 11.6 Å². The minimum Gasteiger partial charge on any atom is -0.252 e. The van der Waals surface area contributed by atoms with Crippen molar-refractivity contribution in [3.05, 3.63) is 40.0 Å². The van der Waals surface area contributed by atoms with Crippen molar-refractivity contribution in [2.45, 2.75) is 33.6 Å². The number of pyridine rings is 1. The molecule has 0 atom stereocenters. The molecule has 0 amide bonds. The van der Waals surface area contributed by atoms with Crippen LogP contribution in [0, 0.1) is 13.8 Å². The predicted octanol–water partition coefficient (Wildman–Crippen LogP) is 4.46. The first kappa shape index (κ1) is 11.4. The van der Waals surface area contributed by atoms with Gasteiger partial charge >= 0.3 is 0 Å². The van der Waals surface area contributed by atoms with Gasteiger partial charge < -0.3 is 0 Å². The lowest BCUT2D eigenvalue weighted by Gasteiger charge is -2.09. The maximum atomic E-state index is 6.34. The third-order valence-corrected chi connectivity index (χ3v) is 3.18. The minimum absolute atomic E-state index is 0.828. The fourth-order valence-electron chi connectivity index (χ4n) is 2.02. The van der Waals surface area contributed by atoms with Gasteiger partial charge in [0.2, 0.25) is 0 Å². The van der Waals surface area contributed by atoms with E-state index < -0.39 is 0 Å². The van der Waals surface area contributed by atoms with Gasteiger partial charge in [-0.1, -0.05) is 37.1 Å². The highest BCUT2D eigenvalue weighted by atomic mass is 35.5. The highest BCUT2D eigenvalue weighted by molar-refractivity contribution is 6.35. The second kappa shape index (κ2) is 4.42. The van der Waals surface area contributed by atoms with E-state index in [1.54, 1.807) is 0 Å². The summed E-state index contributed by atoms with van der Waals surface area (Å²) in [6.07, 6.45) is 2.09. The molecule has 0 N–H and O–H groups in total. The third-order valence-electron chi connectivity index (χ3n) is 2.88. The number of aromatic nitrogens is 1. The van der Waals surface area contributed by atoms with Gasteiger partial charge in [0, 0.05) is 11.1 Å². The van der Waals surface area contributed by atoms with Crippen LogP contribution in [0.15, 0.2) is 18.2 Å². The summed E-state index contributed by atoms with van der Waals surface area (Å²) < 4.78 is 0. The van der Waals surface area contributed by atoms with Crippen molar-refractivity contribution in [2.75, 3.05) is 0 Å². The molecule has 16 heavy (non-hydrogen) atoms. The Morgan fingerprint density at radius 1 is 1.19 bits per heavy atom. The number of rotatable bonds is 2. The molecule has 84 valence electrons. The number of nitrogens with zero attached hydrogens (tertiary/aromatic N) is 1. The van der Waals surface area contributed by atoms with Crippen molar-refractivity contribution in [2.24, 2.45) is 0 Å². The fraction of sp³-hybridized carbons (Fsp3) is 0.357. The van der Waals surface area contributed by atoms with E-state index in [4.69, 9.17) is 16.6 Å². The number of aryl methyl sites for hydroxylation is 3. The lowest BCUT2D eigenvalue weighted by atomic mass is 10.0. The second-order valence-corrected chi connectivity index (χ2v) is 4.68. The molecule has 0 aliphatic heterocycles. The molecule has 0 fully saturated rings. The molecule has 1 heterocycles. The second-order valence-electron chi connectivity index (χ2n) is 4.27. The molecule has 2 rings (SSSR count). The Kier molecular flexibility index (Phi) is 3.15. The standard InChI is InChI=1S/C14H16ClN/c1-4-5-11-8-12(15)13-9(2)6-7-10(3)14(13)16-11/h6-8H,4-5H2,1-3H3. The average molecular weight is 234 g/mol. The van der Waals surface area contributed by atoms with Crippen LogP contribution in [0.5, 0.6) is 0 Å². The van der Waals surface area contributed by atoms with E-state index in [0.29, 0.717) is 0 Å². The Hall–Kier alpha value is -1.08. The number of halogens is 1. The largest absolute Gasteiger partial charge is 0.252 e. The summed E-state index contributed by atoms with van der Waals surface area (Å²) in [6, 6.07) is 6.21. The van der Waals surface area contributed by atoms with Gasteiger partial charge in [0.05, 0.1) is 10.5 Å². The molecule has 0 saturated carbocycles. The van der Waals surface area contributed by atoms with E-state index in [1.165, 1.54) is 11.1 Å². The van der Waals surface area contributed by atoms with E-state index in [0.717, 1.165) is 34.5 Å². The third kappa shape index (κ3) is 1.92. The quantitative estimate of drug-likeness (QED) is 0.747. The van der Waals surface area contributed by atoms with Crippen molar-refractivity contribution in [3.8, 4) is 0 Å². The molecule has 0 aliphatic rings. The molecule has 1 aromatic carbocycles. The molecule has 1 aromatic heterocycles. The predicted molar refractivity (Wildman–Crippen MR) is 70.2 cm³/mol. The van der Waals surface area contributed by atoms with Gasteiger partial charge in [-0.3, -0.25) is 4.98 Å². The van der Waals surface area contributed by atoms with Crippen molar-refractivity contribution in [3.63, 3.8) is 0 Å². The first-order chi connectivity index (χ1) is 7.63. The summed E-state index contributed by atoms with van der Waals surface area (Å²) in [6.45, 7) is 6.32. The molecule has 0 radical (unpaired) electrons. The summed E-state index contributed by atoms with van der Waals surface area (Å²) in [5.41, 5.74) is 4.53. The smallest absolute Gasteiger partial charge is 0.0752 e. The molecule has 0 spiro atoms. The van der Waals surface area contributed by atoms with Crippen molar-refractivity contribution >= 4 is 22.5 Å². The van der Waals surface area contributed by atoms with Gasteiger partial charge in [-0.15, -0.1) is 0 Å². The van der Waals surface area contributed by atoms with E-state index in [2.05, 4.69) is 32.9 Å². The van der Waals surface area contributed by atoms with Crippen LogP contribution < -0.4 is 0 Å². The van der Waals surface area contributed by atoms with Crippen LogP contribution in [0.3, 0.4) is 0 Å². The first-order valence-electron chi connectivity index (χ1n) is 5.68. The summed E-state index contributed by atoms with van der Waals surface area (Å²) in [5, 5.41) is 1.93. The van der Waals surface area contributed by atoms with Crippen molar-refractivity contribution < 1.29 is 0 Å². The van der Waals surface area contributed by atoms with Gasteiger partial charge in [0.25, 0.3) is 0 Å². The highest BCUT2D eigenvalue weighted by Crippen LogP contribution is 2.28. The van der Waals surface area contributed by atoms with E-state index in [1.807, 2.05) is 6.07 Å². The zero-order valence-electron chi connectivity index (χ0n) is 9.97. The SMILES string of the molecule is CCCc1cc(Cl)c2c(C)ccc(C)c2n1. The number of fused-ring (bicyclic) bond motifs is 1. The number of hydrogen-bond acceptors (Lipinski definition) is 1. The highest BCUT2D eigenvalue weighted by Gasteiger charge is 2.08. The maximum Gasteiger partial charge on any atom is 0.0752 e. The normalized spacial score (nSPS) is 11.0. The Bertz CT molecular complexity index is 532. The Labute approximate surface area is 101 Å². The fourth-order valence-corrected chi connectivity index (χ4v) is 2.38. The molecule has 0 unspecified atom stereocenters. The number of benzene rings is 1. The van der Waals surface area contributed by atoms with Crippen LogP contribution in [0.4, 0.5) is 0 Å². The van der Waals surface area contributed by atoms with Crippen LogP contribution in [-0.4, -0.2) is 4.98 Å². The average Bonchev–Trinajstić information content (AvgIpc) is 2.23. The van der Waals surface area contributed by atoms with E-state index in [-0.39, 0.29) is 0 Å². The van der Waals surface area contributed by atoms with Crippen LogP contribution in [0.1, 0.15) is 30.2 Å². The molecular formula is C14H16ClN. The van der Waals surface area contributed by atoms with Crippen LogP contribution in [0.25, 0.3) is 10.9 Å².